The largest absolute Gasteiger partial charge is 0.399 e. The Morgan fingerprint density at radius 1 is 1.09 bits per heavy atom. The van der Waals surface area contributed by atoms with Gasteiger partial charge in [0.1, 0.15) is 0 Å². The molecule has 2 heterocycles. The van der Waals surface area contributed by atoms with Crippen LogP contribution in [0, 0.1) is 5.92 Å². The van der Waals surface area contributed by atoms with Crippen LogP contribution in [0.5, 0.6) is 0 Å². The number of hydrogen-bond donors (Lipinski definition) is 1. The molecular weight excluding hydrogens is 274 g/mol. The van der Waals surface area contributed by atoms with E-state index in [1.165, 1.54) is 12.8 Å². The van der Waals surface area contributed by atoms with Gasteiger partial charge in [0.15, 0.2) is 0 Å². The normalized spacial score (nSPS) is 16.0. The molecule has 2 aromatic rings. The van der Waals surface area contributed by atoms with Crippen molar-refractivity contribution in [2.24, 2.45) is 5.92 Å². The molecule has 1 aromatic heterocycles. The van der Waals surface area contributed by atoms with Crippen molar-refractivity contribution in [3.05, 3.63) is 58.5 Å². The van der Waals surface area contributed by atoms with Gasteiger partial charge in [-0.25, -0.2) is 0 Å². The average Bonchev–Trinajstić information content (AvgIpc) is 2.52. The highest BCUT2D eigenvalue weighted by atomic mass is 16.1. The molecule has 2 N–H and O–H groups in total. The maximum Gasteiger partial charge on any atom is 0.250 e. The van der Waals surface area contributed by atoms with Gasteiger partial charge in [-0.2, -0.15) is 0 Å². The van der Waals surface area contributed by atoms with E-state index >= 15 is 0 Å². The first kappa shape index (κ1) is 14.7. The van der Waals surface area contributed by atoms with Crippen LogP contribution in [0.2, 0.25) is 0 Å². The third-order valence-electron chi connectivity index (χ3n) is 4.45. The van der Waals surface area contributed by atoms with Gasteiger partial charge in [-0.3, -0.25) is 4.79 Å². The number of rotatable bonds is 3. The van der Waals surface area contributed by atoms with Crippen molar-refractivity contribution in [2.75, 3.05) is 23.7 Å². The maximum absolute atomic E-state index is 12.1. The molecule has 0 spiro atoms. The smallest absolute Gasteiger partial charge is 0.250 e. The van der Waals surface area contributed by atoms with E-state index in [-0.39, 0.29) is 5.56 Å². The summed E-state index contributed by atoms with van der Waals surface area (Å²) < 4.78 is 1.78. The van der Waals surface area contributed by atoms with Crippen molar-refractivity contribution in [1.29, 1.82) is 0 Å². The van der Waals surface area contributed by atoms with E-state index in [0.717, 1.165) is 35.9 Å². The number of benzene rings is 1. The summed E-state index contributed by atoms with van der Waals surface area (Å²) in [5, 5.41) is 0. The minimum absolute atomic E-state index is 0.0333. The lowest BCUT2D eigenvalue weighted by atomic mass is 9.99. The Labute approximate surface area is 131 Å². The van der Waals surface area contributed by atoms with E-state index in [9.17, 15) is 4.79 Å². The van der Waals surface area contributed by atoms with Gasteiger partial charge in [0, 0.05) is 31.0 Å². The Hall–Kier alpha value is -2.23. The van der Waals surface area contributed by atoms with E-state index in [4.69, 9.17) is 5.73 Å². The highest BCUT2D eigenvalue weighted by Crippen LogP contribution is 2.22. The molecule has 1 fully saturated rings. The number of hydrogen-bond acceptors (Lipinski definition) is 3. The number of pyridine rings is 1. The summed E-state index contributed by atoms with van der Waals surface area (Å²) in [5.41, 5.74) is 8.71. The van der Waals surface area contributed by atoms with Gasteiger partial charge in [0.2, 0.25) is 0 Å². The monoisotopic (exact) mass is 297 g/mol. The lowest BCUT2D eigenvalue weighted by Gasteiger charge is -2.32. The standard InChI is InChI=1S/C18H23N3O/c1-14-8-10-20(11-9-14)17-6-7-18(22)21(13-17)12-15-2-4-16(19)5-3-15/h2-7,13-14H,8-12,19H2,1H3. The van der Waals surface area contributed by atoms with Gasteiger partial charge in [0.25, 0.3) is 5.56 Å². The second-order valence-electron chi connectivity index (χ2n) is 6.26. The molecule has 0 unspecified atom stereocenters. The molecule has 1 aliphatic rings. The van der Waals surface area contributed by atoms with Crippen LogP contribution in [0.4, 0.5) is 11.4 Å². The van der Waals surface area contributed by atoms with Crippen LogP contribution in [-0.2, 0) is 6.54 Å². The Bertz CT molecular complexity index is 682. The number of nitrogens with zero attached hydrogens (tertiary/aromatic N) is 2. The van der Waals surface area contributed by atoms with Crippen LogP contribution in [0.25, 0.3) is 0 Å². The summed E-state index contributed by atoms with van der Waals surface area (Å²) in [6.45, 7) is 5.03. The van der Waals surface area contributed by atoms with Gasteiger partial charge < -0.3 is 15.2 Å². The Morgan fingerprint density at radius 2 is 1.77 bits per heavy atom. The number of nitrogen functional groups attached to an aromatic ring is 1. The van der Waals surface area contributed by atoms with Crippen LogP contribution in [-0.4, -0.2) is 17.7 Å². The fourth-order valence-electron chi connectivity index (χ4n) is 2.92. The second kappa shape index (κ2) is 6.26. The number of nitrogens with two attached hydrogens (primary N) is 1. The van der Waals surface area contributed by atoms with Gasteiger partial charge in [-0.15, -0.1) is 0 Å². The third kappa shape index (κ3) is 3.32. The van der Waals surface area contributed by atoms with Crippen LogP contribution in [0.15, 0.2) is 47.4 Å². The lowest BCUT2D eigenvalue weighted by molar-refractivity contribution is 0.438. The second-order valence-corrected chi connectivity index (χ2v) is 6.26. The zero-order valence-corrected chi connectivity index (χ0v) is 13.0. The van der Waals surface area contributed by atoms with Crippen LogP contribution < -0.4 is 16.2 Å². The molecule has 0 amide bonds. The van der Waals surface area contributed by atoms with E-state index in [1.807, 2.05) is 36.5 Å². The molecule has 1 saturated heterocycles. The van der Waals surface area contributed by atoms with E-state index in [1.54, 1.807) is 10.6 Å². The summed E-state index contributed by atoms with van der Waals surface area (Å²) in [4.78, 5) is 14.5. The summed E-state index contributed by atoms with van der Waals surface area (Å²) in [6.07, 6.45) is 4.42. The quantitative estimate of drug-likeness (QED) is 0.886. The molecule has 0 radical (unpaired) electrons. The van der Waals surface area contributed by atoms with E-state index in [2.05, 4.69) is 11.8 Å². The van der Waals surface area contributed by atoms with Crippen molar-refractivity contribution in [1.82, 2.24) is 4.57 Å². The van der Waals surface area contributed by atoms with Crippen molar-refractivity contribution < 1.29 is 0 Å². The van der Waals surface area contributed by atoms with E-state index in [0.29, 0.717) is 6.54 Å². The van der Waals surface area contributed by atoms with Crippen molar-refractivity contribution in [2.45, 2.75) is 26.3 Å². The lowest BCUT2D eigenvalue weighted by Crippen LogP contribution is -2.33. The van der Waals surface area contributed by atoms with Crippen molar-refractivity contribution in [3.63, 3.8) is 0 Å². The van der Waals surface area contributed by atoms with Gasteiger partial charge in [-0.05, 0) is 42.5 Å². The third-order valence-corrected chi connectivity index (χ3v) is 4.45. The van der Waals surface area contributed by atoms with Crippen LogP contribution >= 0.6 is 0 Å². The predicted octanol–water partition coefficient (Wildman–Crippen LogP) is 2.72. The van der Waals surface area contributed by atoms with Crippen LogP contribution in [0.1, 0.15) is 25.3 Å². The minimum atomic E-state index is 0.0333. The molecule has 0 atom stereocenters. The predicted molar refractivity (Wildman–Crippen MR) is 91.3 cm³/mol. The zero-order chi connectivity index (χ0) is 15.5. The molecular formula is C18H23N3O. The molecule has 116 valence electrons. The topological polar surface area (TPSA) is 51.3 Å². The first-order valence-electron chi connectivity index (χ1n) is 7.92. The molecule has 0 saturated carbocycles. The Kier molecular flexibility index (Phi) is 4.18. The summed E-state index contributed by atoms with van der Waals surface area (Å²) >= 11 is 0. The molecule has 3 rings (SSSR count). The first-order valence-corrected chi connectivity index (χ1v) is 7.92. The molecule has 22 heavy (non-hydrogen) atoms. The highest BCUT2D eigenvalue weighted by molar-refractivity contribution is 5.45. The summed E-state index contributed by atoms with van der Waals surface area (Å²) in [7, 11) is 0. The van der Waals surface area contributed by atoms with Crippen molar-refractivity contribution in [3.8, 4) is 0 Å². The number of piperidine rings is 1. The molecule has 1 aromatic carbocycles. The Morgan fingerprint density at radius 3 is 2.45 bits per heavy atom. The SMILES string of the molecule is CC1CCN(c2ccc(=O)n(Cc3ccc(N)cc3)c2)CC1. The average molecular weight is 297 g/mol. The molecule has 4 heteroatoms. The zero-order valence-electron chi connectivity index (χ0n) is 13.0. The molecule has 0 aliphatic carbocycles. The van der Waals surface area contributed by atoms with Crippen molar-refractivity contribution >= 4 is 11.4 Å². The summed E-state index contributed by atoms with van der Waals surface area (Å²) in [5.74, 6) is 0.803. The maximum atomic E-state index is 12.1. The molecule has 1 aliphatic heterocycles. The highest BCUT2D eigenvalue weighted by Gasteiger charge is 2.16. The van der Waals surface area contributed by atoms with Gasteiger partial charge >= 0.3 is 0 Å². The first-order chi connectivity index (χ1) is 10.6. The Balaban J connectivity index is 1.80. The molecule has 4 nitrogen and oxygen atoms in total. The number of aromatic nitrogens is 1. The van der Waals surface area contributed by atoms with Gasteiger partial charge in [0.05, 0.1) is 12.2 Å². The van der Waals surface area contributed by atoms with Crippen LogP contribution in [0.3, 0.4) is 0 Å². The van der Waals surface area contributed by atoms with Gasteiger partial charge in [-0.1, -0.05) is 19.1 Å². The number of anilines is 2. The van der Waals surface area contributed by atoms with E-state index < -0.39 is 0 Å². The summed E-state index contributed by atoms with van der Waals surface area (Å²) in [6, 6.07) is 11.3. The fourth-order valence-corrected chi connectivity index (χ4v) is 2.92. The molecule has 0 bridgehead atoms. The minimum Gasteiger partial charge on any atom is -0.399 e. The fraction of sp³-hybridized carbons (Fsp3) is 0.389.